The second kappa shape index (κ2) is 16.6. The summed E-state index contributed by atoms with van der Waals surface area (Å²) in [6.07, 6.45) is 4.27. The van der Waals surface area contributed by atoms with Crippen molar-refractivity contribution in [1.29, 1.82) is 0 Å². The summed E-state index contributed by atoms with van der Waals surface area (Å²) in [6, 6.07) is 35.9. The SMILES string of the molecule is COC(=O)N[C@H](C(=O)Nc1ccccc1CC[C@@H]1CNC[C@@H](COc2ccc(-n3cccn3)cc2)O1)C(c1ccccc1)c1ccccc1. The number of morpholine rings is 1. The summed E-state index contributed by atoms with van der Waals surface area (Å²) in [5.41, 5.74) is 4.41. The molecule has 0 aliphatic carbocycles. The fraction of sp³-hybridized carbons (Fsp3) is 0.256. The zero-order valence-corrected chi connectivity index (χ0v) is 27.4. The van der Waals surface area contributed by atoms with Crippen molar-refractivity contribution in [3.05, 3.63) is 144 Å². The van der Waals surface area contributed by atoms with Gasteiger partial charge in [0, 0.05) is 37.1 Å². The molecule has 1 aromatic heterocycles. The first-order valence-corrected chi connectivity index (χ1v) is 16.5. The van der Waals surface area contributed by atoms with Crippen LogP contribution in [-0.4, -0.2) is 66.8 Å². The first kappa shape index (κ1) is 33.5. The van der Waals surface area contributed by atoms with Crippen LogP contribution in [0.15, 0.2) is 128 Å². The van der Waals surface area contributed by atoms with E-state index in [0.717, 1.165) is 41.1 Å². The van der Waals surface area contributed by atoms with Gasteiger partial charge in [-0.3, -0.25) is 4.79 Å². The van der Waals surface area contributed by atoms with E-state index in [-0.39, 0.29) is 18.1 Å². The molecule has 5 aromatic rings. The first-order chi connectivity index (χ1) is 24.1. The van der Waals surface area contributed by atoms with Crippen LogP contribution >= 0.6 is 0 Å². The smallest absolute Gasteiger partial charge is 0.407 e. The van der Waals surface area contributed by atoms with Gasteiger partial charge in [0.1, 0.15) is 24.5 Å². The highest BCUT2D eigenvalue weighted by atomic mass is 16.5. The maximum atomic E-state index is 14.1. The van der Waals surface area contributed by atoms with Gasteiger partial charge in [-0.05, 0) is 65.9 Å². The van der Waals surface area contributed by atoms with Crippen LogP contribution in [0.2, 0.25) is 0 Å². The minimum absolute atomic E-state index is 0.0254. The average Bonchev–Trinajstić information content (AvgIpc) is 3.70. The Bertz CT molecular complexity index is 1730. The van der Waals surface area contributed by atoms with Crippen LogP contribution in [0.1, 0.15) is 29.0 Å². The summed E-state index contributed by atoms with van der Waals surface area (Å²) in [5.74, 6) is -0.0297. The molecule has 1 aliphatic heterocycles. The summed E-state index contributed by atoms with van der Waals surface area (Å²) in [6.45, 7) is 1.85. The van der Waals surface area contributed by atoms with Gasteiger partial charge in [0.2, 0.25) is 5.91 Å². The summed E-state index contributed by atoms with van der Waals surface area (Å²) in [4.78, 5) is 26.6. The Morgan fingerprint density at radius 2 is 1.55 bits per heavy atom. The average molecular weight is 660 g/mol. The zero-order chi connectivity index (χ0) is 33.8. The fourth-order valence-electron chi connectivity index (χ4n) is 6.12. The van der Waals surface area contributed by atoms with Crippen LogP contribution in [0.25, 0.3) is 5.69 Å². The minimum atomic E-state index is -0.946. The number of rotatable bonds is 13. The van der Waals surface area contributed by atoms with Gasteiger partial charge in [-0.2, -0.15) is 5.10 Å². The molecule has 1 fully saturated rings. The lowest BCUT2D eigenvalue weighted by Crippen LogP contribution is -2.48. The van der Waals surface area contributed by atoms with Crippen molar-refractivity contribution in [2.24, 2.45) is 0 Å². The second-order valence-electron chi connectivity index (χ2n) is 11.9. The molecule has 1 saturated heterocycles. The second-order valence-corrected chi connectivity index (χ2v) is 11.9. The normalized spacial score (nSPS) is 16.4. The Labute approximate surface area is 286 Å². The Balaban J connectivity index is 1.09. The number of hydrogen-bond donors (Lipinski definition) is 3. The third kappa shape index (κ3) is 8.92. The molecule has 0 bridgehead atoms. The quantitative estimate of drug-likeness (QED) is 0.148. The predicted molar refractivity (Wildman–Crippen MR) is 188 cm³/mol. The summed E-state index contributed by atoms with van der Waals surface area (Å²) in [5, 5.41) is 13.7. The van der Waals surface area contributed by atoms with Crippen molar-refractivity contribution in [3.63, 3.8) is 0 Å². The summed E-state index contributed by atoms with van der Waals surface area (Å²) < 4.78 is 19.2. The van der Waals surface area contributed by atoms with E-state index in [1.807, 2.05) is 121 Å². The molecule has 49 heavy (non-hydrogen) atoms. The molecule has 10 heteroatoms. The number of amides is 2. The lowest BCUT2D eigenvalue weighted by Gasteiger charge is -2.31. The molecule has 252 valence electrons. The van der Waals surface area contributed by atoms with Crippen LogP contribution < -0.4 is 20.7 Å². The van der Waals surface area contributed by atoms with Crippen molar-refractivity contribution in [2.75, 3.05) is 32.1 Å². The molecule has 1 aliphatic rings. The summed E-state index contributed by atoms with van der Waals surface area (Å²) >= 11 is 0. The molecule has 2 amide bonds. The van der Waals surface area contributed by atoms with Gasteiger partial charge in [0.25, 0.3) is 0 Å². The van der Waals surface area contributed by atoms with Crippen LogP contribution in [0, 0.1) is 0 Å². The third-order valence-corrected chi connectivity index (χ3v) is 8.57. The topological polar surface area (TPSA) is 116 Å². The molecule has 3 N–H and O–H groups in total. The van der Waals surface area contributed by atoms with Gasteiger partial charge in [-0.1, -0.05) is 78.9 Å². The number of benzene rings is 4. The number of carbonyl (C=O) groups is 2. The number of nitrogens with zero attached hydrogens (tertiary/aromatic N) is 2. The minimum Gasteiger partial charge on any atom is -0.491 e. The number of nitrogens with one attached hydrogen (secondary N) is 3. The predicted octanol–water partition coefficient (Wildman–Crippen LogP) is 5.74. The molecule has 10 nitrogen and oxygen atoms in total. The number of ether oxygens (including phenoxy) is 3. The standard InChI is InChI=1S/C39H41N5O5/c1-47-39(46)43-37(36(29-12-4-2-5-13-29)30-14-6-3-7-15-30)38(45)42-35-16-9-8-11-28(35)17-20-33-25-40-26-34(49-33)27-48-32-21-18-31(19-22-32)44-24-10-23-41-44/h2-16,18-19,21-24,33-34,36-37,40H,17,20,25-27H2,1H3,(H,42,45)(H,43,46)/t33-,34+,37+/m1/s1. The number of carbonyl (C=O) groups excluding carboxylic acids is 2. The van der Waals surface area contributed by atoms with Crippen molar-refractivity contribution in [2.45, 2.75) is 37.0 Å². The first-order valence-electron chi connectivity index (χ1n) is 16.5. The molecule has 0 unspecified atom stereocenters. The van der Waals surface area contributed by atoms with Gasteiger partial charge in [0.05, 0.1) is 18.9 Å². The van der Waals surface area contributed by atoms with E-state index in [4.69, 9.17) is 14.2 Å². The maximum Gasteiger partial charge on any atom is 0.407 e. The van der Waals surface area contributed by atoms with Crippen LogP contribution in [0.5, 0.6) is 5.75 Å². The fourth-order valence-corrected chi connectivity index (χ4v) is 6.12. The summed E-state index contributed by atoms with van der Waals surface area (Å²) in [7, 11) is 1.29. The Morgan fingerprint density at radius 3 is 2.22 bits per heavy atom. The number of methoxy groups -OCH3 is 1. The van der Waals surface area contributed by atoms with Gasteiger partial charge in [-0.15, -0.1) is 0 Å². The molecule has 0 radical (unpaired) electrons. The van der Waals surface area contributed by atoms with Gasteiger partial charge >= 0.3 is 6.09 Å². The lowest BCUT2D eigenvalue weighted by molar-refractivity contribution is -0.118. The highest BCUT2D eigenvalue weighted by Crippen LogP contribution is 2.30. The zero-order valence-electron chi connectivity index (χ0n) is 27.4. The largest absolute Gasteiger partial charge is 0.491 e. The van der Waals surface area contributed by atoms with Gasteiger partial charge in [0.15, 0.2) is 0 Å². The van der Waals surface area contributed by atoms with Crippen molar-refractivity contribution in [3.8, 4) is 11.4 Å². The number of aryl methyl sites for hydroxylation is 1. The number of para-hydroxylation sites is 1. The lowest BCUT2D eigenvalue weighted by atomic mass is 9.84. The number of anilines is 1. The molecular weight excluding hydrogens is 618 g/mol. The van der Waals surface area contributed by atoms with E-state index < -0.39 is 18.1 Å². The van der Waals surface area contributed by atoms with Crippen LogP contribution in [0.3, 0.4) is 0 Å². The number of hydrogen-bond acceptors (Lipinski definition) is 7. The number of aromatic nitrogens is 2. The van der Waals surface area contributed by atoms with Crippen molar-refractivity contribution in [1.82, 2.24) is 20.4 Å². The van der Waals surface area contributed by atoms with Crippen molar-refractivity contribution < 1.29 is 23.8 Å². The Hall–Kier alpha value is -5.45. The van der Waals surface area contributed by atoms with E-state index in [0.29, 0.717) is 25.3 Å². The molecule has 4 aromatic carbocycles. The van der Waals surface area contributed by atoms with Gasteiger partial charge in [-0.25, -0.2) is 9.48 Å². The molecule has 2 heterocycles. The molecule has 3 atom stereocenters. The molecule has 6 rings (SSSR count). The Morgan fingerprint density at radius 1 is 0.878 bits per heavy atom. The highest BCUT2D eigenvalue weighted by Gasteiger charge is 2.33. The van der Waals surface area contributed by atoms with Crippen LogP contribution in [-0.2, 0) is 20.7 Å². The van der Waals surface area contributed by atoms with E-state index >= 15 is 0 Å². The maximum absolute atomic E-state index is 14.1. The molecular formula is C39H41N5O5. The van der Waals surface area contributed by atoms with E-state index in [2.05, 4.69) is 21.0 Å². The number of alkyl carbamates (subject to hydrolysis) is 1. The third-order valence-electron chi connectivity index (χ3n) is 8.57. The highest BCUT2D eigenvalue weighted by molar-refractivity contribution is 5.98. The monoisotopic (exact) mass is 659 g/mol. The van der Waals surface area contributed by atoms with Crippen LogP contribution in [0.4, 0.5) is 10.5 Å². The van der Waals surface area contributed by atoms with E-state index in [1.165, 1.54) is 7.11 Å². The van der Waals surface area contributed by atoms with Crippen molar-refractivity contribution >= 4 is 17.7 Å². The Kier molecular flexibility index (Phi) is 11.3. The van der Waals surface area contributed by atoms with E-state index in [1.54, 1.807) is 10.9 Å². The van der Waals surface area contributed by atoms with Gasteiger partial charge < -0.3 is 30.2 Å². The molecule has 0 saturated carbocycles. The molecule has 0 spiro atoms. The van der Waals surface area contributed by atoms with E-state index in [9.17, 15) is 9.59 Å².